The smallest absolute Gasteiger partial charge is 0.152 e. The number of nitrogens with two attached hydrogens (primary N) is 1. The fourth-order valence-corrected chi connectivity index (χ4v) is 5.00. The number of nitrogens with zero attached hydrogens (tertiary/aromatic N) is 8. The summed E-state index contributed by atoms with van der Waals surface area (Å²) in [5, 5.41) is 9.24. The second kappa shape index (κ2) is 8.69. The van der Waals surface area contributed by atoms with Crippen molar-refractivity contribution in [3.05, 3.63) is 43.0 Å². The molecule has 0 atom stereocenters. The Labute approximate surface area is 198 Å². The van der Waals surface area contributed by atoms with Crippen molar-refractivity contribution in [2.45, 2.75) is 18.9 Å². The minimum absolute atomic E-state index is 0.299. The van der Waals surface area contributed by atoms with Crippen LogP contribution in [0.4, 0.5) is 11.6 Å². The van der Waals surface area contributed by atoms with Crippen LogP contribution in [0.15, 0.2) is 43.0 Å². The summed E-state index contributed by atoms with van der Waals surface area (Å²) in [7, 11) is 2.16. The molecule has 6 heterocycles. The summed E-state index contributed by atoms with van der Waals surface area (Å²) >= 11 is 0. The SMILES string of the molecule is CN1CCN(c2cc(-c3cc(-c4ccnn4C4CCOCC4)c4c(N)ncnn34)ccn2)CC1. The summed E-state index contributed by atoms with van der Waals surface area (Å²) in [4.78, 5) is 13.6. The van der Waals surface area contributed by atoms with E-state index in [-0.39, 0.29) is 0 Å². The van der Waals surface area contributed by atoms with Crippen molar-refractivity contribution in [1.29, 1.82) is 0 Å². The number of ether oxygens (including phenoxy) is 1. The maximum absolute atomic E-state index is 6.40. The lowest BCUT2D eigenvalue weighted by Crippen LogP contribution is -2.44. The van der Waals surface area contributed by atoms with Crippen LogP contribution in [0.1, 0.15) is 18.9 Å². The number of piperazine rings is 1. The summed E-state index contributed by atoms with van der Waals surface area (Å²) in [5.74, 6) is 1.43. The zero-order valence-corrected chi connectivity index (χ0v) is 19.3. The molecule has 0 unspecified atom stereocenters. The molecule has 6 rings (SSSR count). The maximum atomic E-state index is 6.40. The summed E-state index contributed by atoms with van der Waals surface area (Å²) < 4.78 is 9.56. The maximum Gasteiger partial charge on any atom is 0.152 e. The number of hydrogen-bond acceptors (Lipinski definition) is 8. The first kappa shape index (κ1) is 21.1. The average molecular weight is 460 g/mol. The van der Waals surface area contributed by atoms with E-state index in [4.69, 9.17) is 10.5 Å². The van der Waals surface area contributed by atoms with Crippen molar-refractivity contribution in [2.24, 2.45) is 0 Å². The molecule has 2 N–H and O–H groups in total. The highest BCUT2D eigenvalue weighted by molar-refractivity contribution is 5.91. The van der Waals surface area contributed by atoms with Gasteiger partial charge in [0.2, 0.25) is 0 Å². The molecule has 0 bridgehead atoms. The van der Waals surface area contributed by atoms with Crippen LogP contribution in [-0.2, 0) is 4.74 Å². The molecule has 2 aliphatic rings. The third kappa shape index (κ3) is 3.68. The number of likely N-dealkylation sites (N-methyl/N-ethyl adjacent to an activating group) is 1. The molecule has 10 nitrogen and oxygen atoms in total. The van der Waals surface area contributed by atoms with E-state index in [9.17, 15) is 0 Å². The molecule has 2 aliphatic heterocycles. The first-order chi connectivity index (χ1) is 16.7. The van der Waals surface area contributed by atoms with Gasteiger partial charge in [-0.05, 0) is 44.2 Å². The van der Waals surface area contributed by atoms with Gasteiger partial charge in [-0.2, -0.15) is 10.2 Å². The minimum Gasteiger partial charge on any atom is -0.382 e. The normalized spacial score (nSPS) is 18.1. The molecule has 0 amide bonds. The molecule has 34 heavy (non-hydrogen) atoms. The van der Waals surface area contributed by atoms with E-state index in [2.05, 4.69) is 53.8 Å². The van der Waals surface area contributed by atoms with E-state index in [1.165, 1.54) is 6.33 Å². The summed E-state index contributed by atoms with van der Waals surface area (Å²) in [5.41, 5.74) is 11.2. The van der Waals surface area contributed by atoms with E-state index < -0.39 is 0 Å². The number of hydrogen-bond donors (Lipinski definition) is 1. The molecular formula is C24H29N9O. The standard InChI is InChI=1S/C24H29N9O/c1-30-8-10-31(11-9-30)22-14-17(2-6-26-22)21-15-19(23-24(25)27-16-29-33(21)23)20-3-7-28-32(20)18-4-12-34-13-5-18/h2-3,6-7,14-16,18H,4-5,8-13H2,1H3,(H2,25,27,29). The Morgan fingerprint density at radius 3 is 2.59 bits per heavy atom. The number of aromatic nitrogens is 6. The second-order valence-electron chi connectivity index (χ2n) is 9.05. The van der Waals surface area contributed by atoms with Gasteiger partial charge in [0.05, 0.1) is 17.4 Å². The Morgan fingerprint density at radius 2 is 1.76 bits per heavy atom. The van der Waals surface area contributed by atoms with Gasteiger partial charge in [0, 0.05) is 62.9 Å². The zero-order chi connectivity index (χ0) is 23.1. The van der Waals surface area contributed by atoms with Gasteiger partial charge in [0.1, 0.15) is 17.7 Å². The molecule has 4 aromatic heterocycles. The fraction of sp³-hybridized carbons (Fsp3) is 0.417. The second-order valence-corrected chi connectivity index (χ2v) is 9.05. The highest BCUT2D eigenvalue weighted by Crippen LogP contribution is 2.37. The molecular weight excluding hydrogens is 430 g/mol. The topological polar surface area (TPSA) is 103 Å². The lowest BCUT2D eigenvalue weighted by Gasteiger charge is -2.33. The lowest BCUT2D eigenvalue weighted by molar-refractivity contribution is 0.0667. The van der Waals surface area contributed by atoms with E-state index in [0.717, 1.165) is 86.1 Å². The lowest BCUT2D eigenvalue weighted by atomic mass is 10.1. The van der Waals surface area contributed by atoms with Gasteiger partial charge in [-0.3, -0.25) is 4.68 Å². The molecule has 10 heteroatoms. The molecule has 2 fully saturated rings. The molecule has 176 valence electrons. The van der Waals surface area contributed by atoms with Gasteiger partial charge in [-0.25, -0.2) is 14.5 Å². The van der Waals surface area contributed by atoms with Gasteiger partial charge >= 0.3 is 0 Å². The molecule has 0 radical (unpaired) electrons. The number of pyridine rings is 1. The van der Waals surface area contributed by atoms with Gasteiger partial charge < -0.3 is 20.3 Å². The zero-order valence-electron chi connectivity index (χ0n) is 19.3. The Morgan fingerprint density at radius 1 is 0.941 bits per heavy atom. The van der Waals surface area contributed by atoms with Crippen LogP contribution < -0.4 is 10.6 Å². The van der Waals surface area contributed by atoms with Crippen molar-refractivity contribution in [3.8, 4) is 22.5 Å². The van der Waals surface area contributed by atoms with E-state index in [0.29, 0.717) is 11.9 Å². The Balaban J connectivity index is 1.45. The van der Waals surface area contributed by atoms with Crippen LogP contribution in [-0.4, -0.2) is 80.7 Å². The van der Waals surface area contributed by atoms with Crippen LogP contribution in [0.25, 0.3) is 28.0 Å². The monoisotopic (exact) mass is 459 g/mol. The number of fused-ring (bicyclic) bond motifs is 1. The van der Waals surface area contributed by atoms with Crippen LogP contribution >= 0.6 is 0 Å². The van der Waals surface area contributed by atoms with Crippen LogP contribution in [0.3, 0.4) is 0 Å². The molecule has 0 saturated carbocycles. The van der Waals surface area contributed by atoms with E-state index in [1.807, 2.05) is 29.0 Å². The molecule has 2 saturated heterocycles. The summed E-state index contributed by atoms with van der Waals surface area (Å²) in [6.45, 7) is 5.50. The van der Waals surface area contributed by atoms with Gasteiger partial charge in [-0.1, -0.05) is 0 Å². The third-order valence-electron chi connectivity index (χ3n) is 6.93. The number of rotatable bonds is 4. The molecule has 0 aliphatic carbocycles. The largest absolute Gasteiger partial charge is 0.382 e. The van der Waals surface area contributed by atoms with Gasteiger partial charge in [-0.15, -0.1) is 0 Å². The molecule has 4 aromatic rings. The van der Waals surface area contributed by atoms with Crippen molar-refractivity contribution in [2.75, 3.05) is 57.1 Å². The first-order valence-corrected chi connectivity index (χ1v) is 11.8. The van der Waals surface area contributed by atoms with E-state index in [1.54, 1.807) is 0 Å². The predicted molar refractivity (Wildman–Crippen MR) is 131 cm³/mol. The Bertz CT molecular complexity index is 1300. The highest BCUT2D eigenvalue weighted by atomic mass is 16.5. The van der Waals surface area contributed by atoms with Crippen molar-refractivity contribution >= 4 is 17.2 Å². The predicted octanol–water partition coefficient (Wildman–Crippen LogP) is 2.34. The quantitative estimate of drug-likeness (QED) is 0.496. The van der Waals surface area contributed by atoms with Crippen LogP contribution in [0.2, 0.25) is 0 Å². The van der Waals surface area contributed by atoms with Crippen molar-refractivity contribution in [3.63, 3.8) is 0 Å². The average Bonchev–Trinajstić information content (AvgIpc) is 3.51. The molecule has 0 aromatic carbocycles. The van der Waals surface area contributed by atoms with Crippen molar-refractivity contribution < 1.29 is 4.74 Å². The Hall–Kier alpha value is -3.50. The third-order valence-corrected chi connectivity index (χ3v) is 6.93. The fourth-order valence-electron chi connectivity index (χ4n) is 5.00. The minimum atomic E-state index is 0.299. The number of anilines is 2. The van der Waals surface area contributed by atoms with Crippen LogP contribution in [0.5, 0.6) is 0 Å². The Kier molecular flexibility index (Phi) is 5.39. The molecule has 0 spiro atoms. The summed E-state index contributed by atoms with van der Waals surface area (Å²) in [6.07, 6.45) is 7.12. The van der Waals surface area contributed by atoms with Crippen molar-refractivity contribution in [1.82, 2.24) is 34.3 Å². The summed E-state index contributed by atoms with van der Waals surface area (Å²) in [6, 6.07) is 8.66. The van der Waals surface area contributed by atoms with E-state index >= 15 is 0 Å². The highest BCUT2D eigenvalue weighted by Gasteiger charge is 2.24. The van der Waals surface area contributed by atoms with Gasteiger partial charge in [0.15, 0.2) is 5.82 Å². The number of nitrogen functional groups attached to an aromatic ring is 1. The van der Waals surface area contributed by atoms with Crippen LogP contribution in [0, 0.1) is 0 Å². The first-order valence-electron chi connectivity index (χ1n) is 11.8. The van der Waals surface area contributed by atoms with Gasteiger partial charge in [0.25, 0.3) is 0 Å².